The van der Waals surface area contributed by atoms with Crippen molar-refractivity contribution in [3.63, 3.8) is 0 Å². The second-order valence-electron chi connectivity index (χ2n) is 5.14. The molecular weight excluding hydrogens is 254 g/mol. The summed E-state index contributed by atoms with van der Waals surface area (Å²) in [6, 6.07) is 0. The highest BCUT2D eigenvalue weighted by Crippen LogP contribution is 2.29. The Bertz CT molecular complexity index is 332. The minimum absolute atomic E-state index is 0.00375. The SMILES string of the molecule is CCC(CC)(COC1CCOCC1)CS(N)(=O)=O. The number of primary sulfonamides is 1. The third-order valence-corrected chi connectivity index (χ3v) is 4.82. The quantitative estimate of drug-likeness (QED) is 0.761. The lowest BCUT2D eigenvalue weighted by Gasteiger charge is -2.33. The third kappa shape index (κ3) is 5.22. The molecule has 1 rings (SSSR count). The Morgan fingerprint density at radius 2 is 1.83 bits per heavy atom. The molecule has 0 aromatic carbocycles. The molecule has 0 unspecified atom stereocenters. The van der Waals surface area contributed by atoms with E-state index >= 15 is 0 Å². The van der Waals surface area contributed by atoms with Gasteiger partial charge in [0.2, 0.25) is 10.0 Å². The number of rotatable bonds is 7. The summed E-state index contributed by atoms with van der Waals surface area (Å²) < 4.78 is 33.8. The van der Waals surface area contributed by atoms with Crippen LogP contribution in [0.3, 0.4) is 0 Å². The van der Waals surface area contributed by atoms with Crippen LogP contribution in [0, 0.1) is 5.41 Å². The molecule has 5 nitrogen and oxygen atoms in total. The van der Waals surface area contributed by atoms with E-state index in [4.69, 9.17) is 14.6 Å². The van der Waals surface area contributed by atoms with Gasteiger partial charge in [0.25, 0.3) is 0 Å². The normalized spacial score (nSPS) is 19.1. The van der Waals surface area contributed by atoms with Crippen molar-refractivity contribution in [3.8, 4) is 0 Å². The van der Waals surface area contributed by atoms with Crippen LogP contribution in [0.2, 0.25) is 0 Å². The largest absolute Gasteiger partial charge is 0.381 e. The molecule has 18 heavy (non-hydrogen) atoms. The molecule has 1 heterocycles. The monoisotopic (exact) mass is 279 g/mol. The molecule has 0 spiro atoms. The lowest BCUT2D eigenvalue weighted by atomic mass is 9.85. The van der Waals surface area contributed by atoms with Crippen LogP contribution in [-0.2, 0) is 19.5 Å². The van der Waals surface area contributed by atoms with Crippen LogP contribution in [0.4, 0.5) is 0 Å². The van der Waals surface area contributed by atoms with Gasteiger partial charge in [-0.2, -0.15) is 0 Å². The van der Waals surface area contributed by atoms with E-state index in [0.717, 1.165) is 38.9 Å². The van der Waals surface area contributed by atoms with E-state index in [-0.39, 0.29) is 17.3 Å². The Hall–Kier alpha value is -0.170. The maximum absolute atomic E-state index is 11.3. The van der Waals surface area contributed by atoms with E-state index < -0.39 is 10.0 Å². The Morgan fingerprint density at radius 1 is 1.28 bits per heavy atom. The molecule has 1 aliphatic heterocycles. The smallest absolute Gasteiger partial charge is 0.209 e. The number of sulfonamides is 1. The Labute approximate surface area is 110 Å². The molecular formula is C12H25NO4S. The third-order valence-electron chi connectivity index (χ3n) is 3.80. The van der Waals surface area contributed by atoms with Gasteiger partial charge in [0, 0.05) is 18.6 Å². The fourth-order valence-corrected chi connectivity index (χ4v) is 3.61. The van der Waals surface area contributed by atoms with Crippen molar-refractivity contribution in [1.29, 1.82) is 0 Å². The summed E-state index contributed by atoms with van der Waals surface area (Å²) >= 11 is 0. The molecule has 6 heteroatoms. The van der Waals surface area contributed by atoms with Crippen molar-refractivity contribution in [3.05, 3.63) is 0 Å². The van der Waals surface area contributed by atoms with Crippen LogP contribution >= 0.6 is 0 Å². The summed E-state index contributed by atoms with van der Waals surface area (Å²) in [6.45, 7) is 5.89. The molecule has 108 valence electrons. The van der Waals surface area contributed by atoms with Crippen LogP contribution in [0.1, 0.15) is 39.5 Å². The maximum Gasteiger partial charge on any atom is 0.209 e. The van der Waals surface area contributed by atoms with E-state index in [2.05, 4.69) is 0 Å². The van der Waals surface area contributed by atoms with Gasteiger partial charge in [-0.3, -0.25) is 0 Å². The van der Waals surface area contributed by atoms with E-state index in [0.29, 0.717) is 6.61 Å². The standard InChI is InChI=1S/C12H25NO4S/c1-3-12(4-2,10-18(13,14)15)9-17-11-5-7-16-8-6-11/h11H,3-10H2,1-2H3,(H2,13,14,15). The van der Waals surface area contributed by atoms with Gasteiger partial charge < -0.3 is 9.47 Å². The van der Waals surface area contributed by atoms with E-state index in [1.807, 2.05) is 13.8 Å². The molecule has 0 aromatic rings. The molecule has 2 N–H and O–H groups in total. The highest BCUT2D eigenvalue weighted by molar-refractivity contribution is 7.89. The first kappa shape index (κ1) is 15.9. The van der Waals surface area contributed by atoms with Gasteiger partial charge in [-0.25, -0.2) is 13.6 Å². The Balaban J connectivity index is 2.55. The van der Waals surface area contributed by atoms with Crippen LogP contribution in [-0.4, -0.2) is 40.1 Å². The number of ether oxygens (including phenoxy) is 2. The van der Waals surface area contributed by atoms with Crippen molar-refractivity contribution in [2.75, 3.05) is 25.6 Å². The molecule has 0 aliphatic carbocycles. The molecule has 0 radical (unpaired) electrons. The Morgan fingerprint density at radius 3 is 2.28 bits per heavy atom. The fourth-order valence-electron chi connectivity index (χ4n) is 2.26. The van der Waals surface area contributed by atoms with Crippen LogP contribution in [0.5, 0.6) is 0 Å². The van der Waals surface area contributed by atoms with Crippen LogP contribution in [0.25, 0.3) is 0 Å². The van der Waals surface area contributed by atoms with Gasteiger partial charge in [0.15, 0.2) is 0 Å². The lowest BCUT2D eigenvalue weighted by Crippen LogP contribution is -2.38. The van der Waals surface area contributed by atoms with Gasteiger partial charge in [0.1, 0.15) is 0 Å². The number of hydrogen-bond acceptors (Lipinski definition) is 4. The summed E-state index contributed by atoms with van der Waals surface area (Å²) in [6.07, 6.45) is 3.47. The zero-order valence-electron chi connectivity index (χ0n) is 11.4. The highest BCUT2D eigenvalue weighted by atomic mass is 32.2. The topological polar surface area (TPSA) is 78.6 Å². The number of nitrogens with two attached hydrogens (primary N) is 1. The number of hydrogen-bond donors (Lipinski definition) is 1. The molecule has 0 atom stereocenters. The molecule has 0 amide bonds. The molecule has 0 saturated carbocycles. The molecule has 1 fully saturated rings. The van der Waals surface area contributed by atoms with Crippen LogP contribution in [0.15, 0.2) is 0 Å². The van der Waals surface area contributed by atoms with Crippen molar-refractivity contribution in [2.45, 2.75) is 45.6 Å². The first-order valence-electron chi connectivity index (χ1n) is 6.60. The predicted molar refractivity (Wildman–Crippen MR) is 70.8 cm³/mol. The maximum atomic E-state index is 11.3. The van der Waals surface area contributed by atoms with E-state index in [1.165, 1.54) is 0 Å². The van der Waals surface area contributed by atoms with Gasteiger partial charge in [0.05, 0.1) is 18.5 Å². The Kier molecular flexibility index (Phi) is 6.04. The minimum atomic E-state index is -3.46. The lowest BCUT2D eigenvalue weighted by molar-refractivity contribution is -0.0597. The predicted octanol–water partition coefficient (Wildman–Crippen LogP) is 1.28. The van der Waals surface area contributed by atoms with Gasteiger partial charge >= 0.3 is 0 Å². The minimum Gasteiger partial charge on any atom is -0.381 e. The van der Waals surface area contributed by atoms with Crippen molar-refractivity contribution in [1.82, 2.24) is 0 Å². The molecule has 0 bridgehead atoms. The van der Waals surface area contributed by atoms with Crippen molar-refractivity contribution < 1.29 is 17.9 Å². The highest BCUT2D eigenvalue weighted by Gasteiger charge is 2.32. The summed E-state index contributed by atoms with van der Waals surface area (Å²) in [5.41, 5.74) is -0.355. The average Bonchev–Trinajstić information content (AvgIpc) is 2.34. The van der Waals surface area contributed by atoms with E-state index in [9.17, 15) is 8.42 Å². The van der Waals surface area contributed by atoms with Crippen molar-refractivity contribution in [2.24, 2.45) is 10.6 Å². The summed E-state index contributed by atoms with van der Waals surface area (Å²) in [4.78, 5) is 0. The summed E-state index contributed by atoms with van der Waals surface area (Å²) in [5, 5.41) is 5.18. The second-order valence-corrected chi connectivity index (χ2v) is 6.75. The zero-order valence-corrected chi connectivity index (χ0v) is 12.2. The molecule has 1 saturated heterocycles. The van der Waals surface area contributed by atoms with Gasteiger partial charge in [-0.15, -0.1) is 0 Å². The van der Waals surface area contributed by atoms with Crippen LogP contribution < -0.4 is 5.14 Å². The summed E-state index contributed by atoms with van der Waals surface area (Å²) in [5.74, 6) is -0.00375. The average molecular weight is 279 g/mol. The molecule has 0 aromatic heterocycles. The van der Waals surface area contributed by atoms with Crippen molar-refractivity contribution >= 4 is 10.0 Å². The van der Waals surface area contributed by atoms with Gasteiger partial charge in [-0.1, -0.05) is 13.8 Å². The molecule has 1 aliphatic rings. The second kappa shape index (κ2) is 6.84. The fraction of sp³-hybridized carbons (Fsp3) is 1.00. The van der Waals surface area contributed by atoms with Gasteiger partial charge in [-0.05, 0) is 25.7 Å². The zero-order chi connectivity index (χ0) is 13.6. The first-order valence-corrected chi connectivity index (χ1v) is 8.32. The first-order chi connectivity index (χ1) is 8.41. The van der Waals surface area contributed by atoms with E-state index in [1.54, 1.807) is 0 Å². The summed E-state index contributed by atoms with van der Waals surface area (Å²) in [7, 11) is -3.46.